The highest BCUT2D eigenvalue weighted by atomic mass is 32.2. The molecule has 5 N–H and O–H groups in total. The highest BCUT2D eigenvalue weighted by molar-refractivity contribution is 8.15. The normalized spacial score (nSPS) is 16.5. The molecule has 9 heteroatoms. The van der Waals surface area contributed by atoms with Crippen LogP contribution in [0.5, 0.6) is 0 Å². The number of hydrogen-bond acceptors (Lipinski definition) is 6. The van der Waals surface area contributed by atoms with Gasteiger partial charge in [-0.1, -0.05) is 43.0 Å². The fourth-order valence-electron chi connectivity index (χ4n) is 3.38. The molecule has 3 rings (SSSR count). The molecule has 32 heavy (non-hydrogen) atoms. The summed E-state index contributed by atoms with van der Waals surface area (Å²) in [5.41, 5.74) is 9.17. The zero-order valence-corrected chi connectivity index (χ0v) is 18.7. The third kappa shape index (κ3) is 5.88. The van der Waals surface area contributed by atoms with Crippen LogP contribution in [0.1, 0.15) is 36.5 Å². The zero-order valence-electron chi connectivity index (χ0n) is 17.9. The van der Waals surface area contributed by atoms with Gasteiger partial charge < -0.3 is 16.9 Å². The van der Waals surface area contributed by atoms with Gasteiger partial charge in [-0.2, -0.15) is 5.10 Å². The van der Waals surface area contributed by atoms with Crippen LogP contribution in [-0.2, 0) is 22.4 Å². The number of nitrogens with zero attached hydrogens (tertiary/aromatic N) is 2. The van der Waals surface area contributed by atoms with Gasteiger partial charge in [-0.25, -0.2) is 0 Å². The number of nitrogens with one attached hydrogen (secondary N) is 1. The van der Waals surface area contributed by atoms with Crippen molar-refractivity contribution in [1.82, 2.24) is 4.90 Å². The lowest BCUT2D eigenvalue weighted by Crippen LogP contribution is -2.33. The summed E-state index contributed by atoms with van der Waals surface area (Å²) in [5, 5.41) is 5.54. The summed E-state index contributed by atoms with van der Waals surface area (Å²) in [6.45, 7) is 2.32. The molecule has 0 aromatic heterocycles. The van der Waals surface area contributed by atoms with Gasteiger partial charge in [-0.05, 0) is 54.7 Å². The summed E-state index contributed by atoms with van der Waals surface area (Å²) in [6, 6.07) is 14.9. The molecule has 1 fully saturated rings. The summed E-state index contributed by atoms with van der Waals surface area (Å²) in [6.07, 6.45) is 2.07. The number of amidine groups is 1. The summed E-state index contributed by atoms with van der Waals surface area (Å²) in [4.78, 5) is 38.4. The van der Waals surface area contributed by atoms with E-state index in [0.29, 0.717) is 24.1 Å². The van der Waals surface area contributed by atoms with Crippen molar-refractivity contribution < 1.29 is 14.4 Å². The molecule has 2 aromatic rings. The van der Waals surface area contributed by atoms with E-state index < -0.39 is 5.25 Å². The van der Waals surface area contributed by atoms with Gasteiger partial charge in [0, 0.05) is 24.2 Å². The number of rotatable bonds is 9. The molecule has 2 aromatic carbocycles. The van der Waals surface area contributed by atoms with Crippen molar-refractivity contribution in [2.24, 2.45) is 16.7 Å². The summed E-state index contributed by atoms with van der Waals surface area (Å²) in [7, 11) is 0. The van der Waals surface area contributed by atoms with Gasteiger partial charge in [-0.15, -0.1) is 0 Å². The van der Waals surface area contributed by atoms with Gasteiger partial charge in [0.15, 0.2) is 0 Å². The third-order valence-corrected chi connectivity index (χ3v) is 6.32. The van der Waals surface area contributed by atoms with Gasteiger partial charge in [0.1, 0.15) is 5.84 Å². The smallest absolute Gasteiger partial charge is 0.289 e. The molecule has 0 aliphatic carbocycles. The summed E-state index contributed by atoms with van der Waals surface area (Å²) < 4.78 is 0. The molecule has 168 valence electrons. The number of hydrazone groups is 1. The number of carbonyl (C=O) groups is 3. The Balaban J connectivity index is 1.46. The number of aryl methyl sites for hydroxylation is 1. The Morgan fingerprint density at radius 2 is 1.75 bits per heavy atom. The van der Waals surface area contributed by atoms with Crippen LogP contribution in [0.2, 0.25) is 0 Å². The van der Waals surface area contributed by atoms with Crippen molar-refractivity contribution in [3.8, 4) is 0 Å². The number of nitrogens with two attached hydrogens (primary N) is 2. The number of benzene rings is 2. The number of amides is 3. The Hall–Kier alpha value is -3.33. The predicted molar refractivity (Wildman–Crippen MR) is 127 cm³/mol. The van der Waals surface area contributed by atoms with Crippen molar-refractivity contribution >= 4 is 40.3 Å². The first-order valence-electron chi connectivity index (χ1n) is 10.4. The molecule has 0 spiro atoms. The maximum Gasteiger partial charge on any atom is 0.289 e. The van der Waals surface area contributed by atoms with Gasteiger partial charge in [-0.3, -0.25) is 19.3 Å². The van der Waals surface area contributed by atoms with Crippen LogP contribution in [0.15, 0.2) is 53.6 Å². The molecular formula is C23H27N5O3S. The number of hydrogen-bond donors (Lipinski definition) is 3. The third-order valence-electron chi connectivity index (χ3n) is 5.25. The minimum atomic E-state index is -0.410. The van der Waals surface area contributed by atoms with Gasteiger partial charge in [0.2, 0.25) is 11.8 Å². The lowest BCUT2D eigenvalue weighted by Gasteiger charge is -2.14. The Kier molecular flexibility index (Phi) is 7.88. The molecule has 3 amide bonds. The monoisotopic (exact) mass is 453 g/mol. The van der Waals surface area contributed by atoms with Crippen LogP contribution in [0, 0.1) is 0 Å². The minimum Gasteiger partial charge on any atom is -0.382 e. The molecule has 8 nitrogen and oxygen atoms in total. The lowest BCUT2D eigenvalue weighted by atomic mass is 10.1. The lowest BCUT2D eigenvalue weighted by molar-refractivity contribution is -0.127. The second-order valence-electron chi connectivity index (χ2n) is 7.48. The molecule has 1 atom stereocenters. The predicted octanol–water partition coefficient (Wildman–Crippen LogP) is 2.85. The molecule has 1 aliphatic rings. The maximum atomic E-state index is 12.7. The number of carbonyl (C=O) groups excluding carboxylic acids is 3. The van der Waals surface area contributed by atoms with E-state index in [2.05, 4.69) is 17.3 Å². The van der Waals surface area contributed by atoms with Crippen molar-refractivity contribution in [3.05, 3.63) is 65.2 Å². The second kappa shape index (κ2) is 10.8. The molecular weight excluding hydrogens is 426 g/mol. The van der Waals surface area contributed by atoms with Crippen molar-refractivity contribution in [2.75, 3.05) is 11.9 Å². The second-order valence-corrected chi connectivity index (χ2v) is 8.63. The van der Waals surface area contributed by atoms with Crippen LogP contribution in [-0.4, -0.2) is 39.6 Å². The summed E-state index contributed by atoms with van der Waals surface area (Å²) >= 11 is 1.06. The van der Waals surface area contributed by atoms with E-state index in [1.165, 1.54) is 10.5 Å². The first-order chi connectivity index (χ1) is 15.4. The standard InChI is InChI=1S/C23H27N5O3S/c1-2-15-5-7-16(8-6-15)14-19-22(30)28(23(31)32-19)13-3-4-20(29)26-18-11-9-17(10-12-18)21(24)27-25/h5-12,19H,2-4,13-14,25H2,1H3,(H2,24,27)(H,26,29). The van der Waals surface area contributed by atoms with Gasteiger partial charge in [0.25, 0.3) is 5.24 Å². The topological polar surface area (TPSA) is 131 Å². The Labute approximate surface area is 191 Å². The van der Waals surface area contributed by atoms with E-state index in [1.54, 1.807) is 24.3 Å². The van der Waals surface area contributed by atoms with Gasteiger partial charge in [0.05, 0.1) is 5.25 Å². The molecule has 0 saturated carbocycles. The van der Waals surface area contributed by atoms with E-state index in [4.69, 9.17) is 11.6 Å². The van der Waals surface area contributed by atoms with E-state index in [1.807, 2.05) is 24.3 Å². The van der Waals surface area contributed by atoms with E-state index in [-0.39, 0.29) is 35.9 Å². The van der Waals surface area contributed by atoms with E-state index in [9.17, 15) is 14.4 Å². The largest absolute Gasteiger partial charge is 0.382 e. The number of imide groups is 1. The van der Waals surface area contributed by atoms with Crippen LogP contribution in [0.4, 0.5) is 10.5 Å². The Bertz CT molecular complexity index is 1010. The SMILES string of the molecule is CCc1ccc(CC2SC(=O)N(CCCC(=O)Nc3ccc(/C(N)=N/N)cc3)C2=O)cc1. The highest BCUT2D eigenvalue weighted by Gasteiger charge is 2.39. The first-order valence-corrected chi connectivity index (χ1v) is 11.3. The van der Waals surface area contributed by atoms with Crippen molar-refractivity contribution in [2.45, 2.75) is 37.9 Å². The minimum absolute atomic E-state index is 0.185. The quantitative estimate of drug-likeness (QED) is 0.232. The fourth-order valence-corrected chi connectivity index (χ4v) is 4.43. The van der Waals surface area contributed by atoms with Crippen molar-refractivity contribution in [1.29, 1.82) is 0 Å². The highest BCUT2D eigenvalue weighted by Crippen LogP contribution is 2.30. The molecule has 1 heterocycles. The average molecular weight is 454 g/mol. The maximum absolute atomic E-state index is 12.7. The average Bonchev–Trinajstić information content (AvgIpc) is 3.06. The van der Waals surface area contributed by atoms with Crippen molar-refractivity contribution in [3.63, 3.8) is 0 Å². The molecule has 0 bridgehead atoms. The van der Waals surface area contributed by atoms with Crippen LogP contribution in [0.25, 0.3) is 0 Å². The Morgan fingerprint density at radius 1 is 1.09 bits per heavy atom. The Morgan fingerprint density at radius 3 is 2.38 bits per heavy atom. The molecule has 1 unspecified atom stereocenters. The van der Waals surface area contributed by atoms with Crippen LogP contribution < -0.4 is 16.9 Å². The fraction of sp³-hybridized carbons (Fsp3) is 0.304. The van der Waals surface area contributed by atoms with E-state index >= 15 is 0 Å². The number of thioether (sulfide) groups is 1. The molecule has 0 radical (unpaired) electrons. The zero-order chi connectivity index (χ0) is 23.1. The van der Waals surface area contributed by atoms with E-state index in [0.717, 1.165) is 23.7 Å². The molecule has 1 saturated heterocycles. The van der Waals surface area contributed by atoms with Crippen LogP contribution in [0.3, 0.4) is 0 Å². The molecule has 1 aliphatic heterocycles. The first kappa shape index (κ1) is 23.3. The van der Waals surface area contributed by atoms with Gasteiger partial charge >= 0.3 is 0 Å². The van der Waals surface area contributed by atoms with Crippen LogP contribution >= 0.6 is 11.8 Å². The summed E-state index contributed by atoms with van der Waals surface area (Å²) in [5.74, 6) is 4.97. The number of anilines is 1.